The Morgan fingerprint density at radius 3 is 2.42 bits per heavy atom. The average molecular weight is 325 g/mol. The Balaban J connectivity index is 1.27. The molecule has 2 heteroatoms. The number of hydrogen-bond acceptors (Lipinski definition) is 2. The summed E-state index contributed by atoms with van der Waals surface area (Å²) in [7, 11) is 0. The molecule has 3 rings (SSSR count). The van der Waals surface area contributed by atoms with Crippen LogP contribution in [0.15, 0.2) is 42.5 Å². The SMILES string of the molecule is c1ccc2c(OCCCCCCCN3CCCCC3)cccc2c1. The fraction of sp³-hybridized carbons (Fsp3) is 0.545. The van der Waals surface area contributed by atoms with Gasteiger partial charge in [0.05, 0.1) is 6.61 Å². The summed E-state index contributed by atoms with van der Waals surface area (Å²) in [5, 5.41) is 2.48. The third kappa shape index (κ3) is 5.24. The molecule has 2 aromatic carbocycles. The molecule has 0 aliphatic carbocycles. The van der Waals surface area contributed by atoms with Crippen molar-refractivity contribution in [3.63, 3.8) is 0 Å². The lowest BCUT2D eigenvalue weighted by Crippen LogP contribution is -2.30. The molecule has 2 nitrogen and oxygen atoms in total. The highest BCUT2D eigenvalue weighted by Crippen LogP contribution is 2.25. The second-order valence-electron chi connectivity index (χ2n) is 7.00. The van der Waals surface area contributed by atoms with E-state index in [2.05, 4.69) is 47.4 Å². The van der Waals surface area contributed by atoms with Gasteiger partial charge in [-0.15, -0.1) is 0 Å². The van der Waals surface area contributed by atoms with Crippen molar-refractivity contribution in [2.45, 2.75) is 51.4 Å². The first-order valence-electron chi connectivity index (χ1n) is 9.76. The molecular weight excluding hydrogens is 294 g/mol. The highest BCUT2D eigenvalue weighted by atomic mass is 16.5. The van der Waals surface area contributed by atoms with E-state index in [-0.39, 0.29) is 0 Å². The predicted molar refractivity (Wildman–Crippen MR) is 103 cm³/mol. The predicted octanol–water partition coefficient (Wildman–Crippen LogP) is 5.66. The van der Waals surface area contributed by atoms with Gasteiger partial charge in [-0.05, 0) is 56.8 Å². The van der Waals surface area contributed by atoms with Crippen molar-refractivity contribution in [1.82, 2.24) is 4.90 Å². The molecule has 0 unspecified atom stereocenters. The molecule has 1 heterocycles. The van der Waals surface area contributed by atoms with Crippen LogP contribution < -0.4 is 4.74 Å². The lowest BCUT2D eigenvalue weighted by molar-refractivity contribution is 0.223. The summed E-state index contributed by atoms with van der Waals surface area (Å²) in [5.74, 6) is 1.03. The molecule has 0 spiro atoms. The van der Waals surface area contributed by atoms with Crippen molar-refractivity contribution in [2.24, 2.45) is 0 Å². The Kier molecular flexibility index (Phi) is 6.97. The normalized spacial score (nSPS) is 15.7. The molecule has 0 N–H and O–H groups in total. The maximum atomic E-state index is 6.01. The highest BCUT2D eigenvalue weighted by molar-refractivity contribution is 5.88. The summed E-state index contributed by atoms with van der Waals surface area (Å²) in [6.07, 6.45) is 10.8. The summed E-state index contributed by atoms with van der Waals surface area (Å²) in [4.78, 5) is 2.65. The molecule has 1 saturated heterocycles. The lowest BCUT2D eigenvalue weighted by Gasteiger charge is -2.26. The summed E-state index contributed by atoms with van der Waals surface area (Å²) in [6, 6.07) is 14.8. The van der Waals surface area contributed by atoms with E-state index in [0.29, 0.717) is 0 Å². The molecule has 0 radical (unpaired) electrons. The molecule has 0 saturated carbocycles. The van der Waals surface area contributed by atoms with Crippen LogP contribution in [0.3, 0.4) is 0 Å². The maximum Gasteiger partial charge on any atom is 0.127 e. The van der Waals surface area contributed by atoms with E-state index < -0.39 is 0 Å². The topological polar surface area (TPSA) is 12.5 Å². The summed E-state index contributed by atoms with van der Waals surface area (Å²) in [6.45, 7) is 4.81. The van der Waals surface area contributed by atoms with Gasteiger partial charge in [-0.25, -0.2) is 0 Å². The van der Waals surface area contributed by atoms with Gasteiger partial charge < -0.3 is 9.64 Å². The summed E-state index contributed by atoms with van der Waals surface area (Å²) >= 11 is 0. The van der Waals surface area contributed by atoms with Crippen molar-refractivity contribution in [3.05, 3.63) is 42.5 Å². The van der Waals surface area contributed by atoms with Gasteiger partial charge in [0.1, 0.15) is 5.75 Å². The van der Waals surface area contributed by atoms with E-state index in [4.69, 9.17) is 4.74 Å². The third-order valence-electron chi connectivity index (χ3n) is 5.07. The average Bonchev–Trinajstić information content (AvgIpc) is 2.65. The van der Waals surface area contributed by atoms with E-state index in [1.165, 1.54) is 75.4 Å². The Labute approximate surface area is 146 Å². The van der Waals surface area contributed by atoms with Crippen molar-refractivity contribution < 1.29 is 4.74 Å². The van der Waals surface area contributed by atoms with Crippen LogP contribution in [0.25, 0.3) is 10.8 Å². The lowest BCUT2D eigenvalue weighted by atomic mass is 10.1. The molecule has 0 atom stereocenters. The molecule has 1 fully saturated rings. The molecule has 1 aliphatic rings. The standard InChI is InChI=1S/C22H31NO/c1(2-7-16-23-17-8-4-9-18-23)3-10-19-24-22-15-11-13-20-12-5-6-14-21(20)22/h5-6,11-15H,1-4,7-10,16-19H2. The Morgan fingerprint density at radius 2 is 1.50 bits per heavy atom. The number of benzene rings is 2. The fourth-order valence-corrected chi connectivity index (χ4v) is 3.65. The molecule has 24 heavy (non-hydrogen) atoms. The van der Waals surface area contributed by atoms with Crippen molar-refractivity contribution in [3.8, 4) is 5.75 Å². The molecule has 2 aromatic rings. The van der Waals surface area contributed by atoms with E-state index >= 15 is 0 Å². The molecule has 0 amide bonds. The fourth-order valence-electron chi connectivity index (χ4n) is 3.65. The van der Waals surface area contributed by atoms with Gasteiger partial charge in [0.15, 0.2) is 0 Å². The van der Waals surface area contributed by atoms with E-state index in [0.717, 1.165) is 18.8 Å². The zero-order chi connectivity index (χ0) is 16.5. The number of likely N-dealkylation sites (tertiary alicyclic amines) is 1. The van der Waals surface area contributed by atoms with Crippen LogP contribution in [0.4, 0.5) is 0 Å². The molecular formula is C22H31NO. The zero-order valence-electron chi connectivity index (χ0n) is 14.9. The Bertz CT molecular complexity index is 598. The minimum absolute atomic E-state index is 0.833. The second kappa shape index (κ2) is 9.68. The first kappa shape index (κ1) is 17.3. The number of ether oxygens (including phenoxy) is 1. The third-order valence-corrected chi connectivity index (χ3v) is 5.07. The maximum absolute atomic E-state index is 6.01. The second-order valence-corrected chi connectivity index (χ2v) is 7.00. The number of piperidine rings is 1. The largest absolute Gasteiger partial charge is 0.493 e. The number of nitrogens with zero attached hydrogens (tertiary/aromatic N) is 1. The quantitative estimate of drug-likeness (QED) is 0.552. The minimum Gasteiger partial charge on any atom is -0.493 e. The summed E-state index contributed by atoms with van der Waals surface area (Å²) in [5.41, 5.74) is 0. The number of rotatable bonds is 9. The van der Waals surface area contributed by atoms with Crippen LogP contribution in [0, 0.1) is 0 Å². The van der Waals surface area contributed by atoms with E-state index in [1.807, 2.05) is 0 Å². The minimum atomic E-state index is 0.833. The molecule has 0 bridgehead atoms. The highest BCUT2D eigenvalue weighted by Gasteiger charge is 2.08. The number of hydrogen-bond donors (Lipinski definition) is 0. The van der Waals surface area contributed by atoms with Crippen LogP contribution in [-0.2, 0) is 0 Å². The number of unbranched alkanes of at least 4 members (excludes halogenated alkanes) is 4. The van der Waals surface area contributed by atoms with Crippen LogP contribution in [-0.4, -0.2) is 31.1 Å². The van der Waals surface area contributed by atoms with E-state index in [9.17, 15) is 0 Å². The molecule has 130 valence electrons. The van der Waals surface area contributed by atoms with Crippen LogP contribution in [0.2, 0.25) is 0 Å². The van der Waals surface area contributed by atoms with Gasteiger partial charge in [0, 0.05) is 5.39 Å². The first-order valence-corrected chi connectivity index (χ1v) is 9.76. The van der Waals surface area contributed by atoms with Gasteiger partial charge in [-0.3, -0.25) is 0 Å². The van der Waals surface area contributed by atoms with Gasteiger partial charge in [0.2, 0.25) is 0 Å². The van der Waals surface area contributed by atoms with Crippen molar-refractivity contribution >= 4 is 10.8 Å². The summed E-state index contributed by atoms with van der Waals surface area (Å²) < 4.78 is 6.01. The van der Waals surface area contributed by atoms with Crippen molar-refractivity contribution in [2.75, 3.05) is 26.2 Å². The molecule has 0 aromatic heterocycles. The van der Waals surface area contributed by atoms with Crippen LogP contribution >= 0.6 is 0 Å². The molecule has 1 aliphatic heterocycles. The van der Waals surface area contributed by atoms with Gasteiger partial charge in [0.25, 0.3) is 0 Å². The number of fused-ring (bicyclic) bond motifs is 1. The van der Waals surface area contributed by atoms with Gasteiger partial charge >= 0.3 is 0 Å². The first-order chi connectivity index (χ1) is 11.9. The van der Waals surface area contributed by atoms with Crippen LogP contribution in [0.1, 0.15) is 51.4 Å². The van der Waals surface area contributed by atoms with E-state index in [1.54, 1.807) is 0 Å². The van der Waals surface area contributed by atoms with Gasteiger partial charge in [-0.1, -0.05) is 62.1 Å². The van der Waals surface area contributed by atoms with Crippen molar-refractivity contribution in [1.29, 1.82) is 0 Å². The monoisotopic (exact) mass is 325 g/mol. The zero-order valence-corrected chi connectivity index (χ0v) is 14.9. The Morgan fingerprint density at radius 1 is 0.750 bits per heavy atom. The Hall–Kier alpha value is -1.54. The smallest absolute Gasteiger partial charge is 0.127 e. The van der Waals surface area contributed by atoms with Crippen LogP contribution in [0.5, 0.6) is 5.75 Å². The van der Waals surface area contributed by atoms with Gasteiger partial charge in [-0.2, -0.15) is 0 Å².